The quantitative estimate of drug-likeness (QED) is 0.555. The molecule has 1 aliphatic rings. The van der Waals surface area contributed by atoms with Gasteiger partial charge in [0.1, 0.15) is 5.01 Å². The predicted octanol–water partition coefficient (Wildman–Crippen LogP) is 2.19. The molecule has 1 unspecified atom stereocenters. The van der Waals surface area contributed by atoms with Gasteiger partial charge in [0.15, 0.2) is 0 Å². The van der Waals surface area contributed by atoms with Gasteiger partial charge in [-0.05, 0) is 6.42 Å². The molecule has 0 radical (unpaired) electrons. The molecule has 6 nitrogen and oxygen atoms in total. The van der Waals surface area contributed by atoms with E-state index >= 15 is 0 Å². The fraction of sp³-hybridized carbons (Fsp3) is 0.750. The lowest BCUT2D eigenvalue weighted by Crippen LogP contribution is -2.25. The van der Waals surface area contributed by atoms with Gasteiger partial charge < -0.3 is 0 Å². The van der Waals surface area contributed by atoms with Crippen LogP contribution in [0.15, 0.2) is 0 Å². The highest BCUT2D eigenvalue weighted by atomic mass is 35.7. The van der Waals surface area contributed by atoms with Crippen LogP contribution in [0.25, 0.3) is 0 Å². The molecule has 2 heterocycles. The molecule has 0 aromatic carbocycles. The molecule has 1 amide bonds. The average molecular weight is 352 g/mol. The zero-order chi connectivity index (χ0) is 15.5. The first-order valence-electron chi connectivity index (χ1n) is 6.94. The van der Waals surface area contributed by atoms with Crippen LogP contribution in [0.2, 0.25) is 0 Å². The number of aryl methyl sites for hydroxylation is 1. The minimum absolute atomic E-state index is 0.114. The monoisotopic (exact) mass is 351 g/mol. The Morgan fingerprint density at radius 2 is 2.14 bits per heavy atom. The van der Waals surface area contributed by atoms with Crippen molar-refractivity contribution in [3.8, 4) is 0 Å². The van der Waals surface area contributed by atoms with Crippen LogP contribution in [-0.2, 0) is 20.3 Å². The van der Waals surface area contributed by atoms with Crippen molar-refractivity contribution in [2.45, 2.75) is 39.0 Å². The van der Waals surface area contributed by atoms with E-state index in [9.17, 15) is 13.2 Å². The van der Waals surface area contributed by atoms with Gasteiger partial charge in [-0.2, -0.15) is 0 Å². The molecule has 21 heavy (non-hydrogen) atoms. The molecule has 0 N–H and O–H groups in total. The lowest BCUT2D eigenvalue weighted by atomic mass is 10.1. The number of rotatable bonds is 7. The summed E-state index contributed by atoms with van der Waals surface area (Å²) >= 11 is 1.40. The minimum Gasteiger partial charge on any atom is -0.286 e. The second-order valence-electron chi connectivity index (χ2n) is 5.22. The van der Waals surface area contributed by atoms with E-state index in [4.69, 9.17) is 10.7 Å². The van der Waals surface area contributed by atoms with Crippen LogP contribution >= 0.6 is 22.0 Å². The van der Waals surface area contributed by atoms with Crippen molar-refractivity contribution in [2.24, 2.45) is 5.92 Å². The third kappa shape index (κ3) is 4.89. The number of halogens is 1. The van der Waals surface area contributed by atoms with Crippen LogP contribution in [0.4, 0.5) is 5.13 Å². The van der Waals surface area contributed by atoms with Crippen molar-refractivity contribution in [3.63, 3.8) is 0 Å². The fourth-order valence-electron chi connectivity index (χ4n) is 2.34. The fourth-order valence-corrected chi connectivity index (χ4v) is 4.57. The summed E-state index contributed by atoms with van der Waals surface area (Å²) in [5, 5.41) is 9.62. The molecule has 1 aromatic rings. The Kier molecular flexibility index (Phi) is 5.56. The van der Waals surface area contributed by atoms with Gasteiger partial charge in [-0.25, -0.2) is 8.42 Å². The normalized spacial score (nSPS) is 19.4. The zero-order valence-corrected chi connectivity index (χ0v) is 14.2. The number of anilines is 1. The molecule has 0 bridgehead atoms. The van der Waals surface area contributed by atoms with Crippen molar-refractivity contribution in [2.75, 3.05) is 17.2 Å². The Morgan fingerprint density at radius 3 is 2.81 bits per heavy atom. The Morgan fingerprint density at radius 1 is 1.38 bits per heavy atom. The van der Waals surface area contributed by atoms with Gasteiger partial charge in [0.25, 0.3) is 0 Å². The highest BCUT2D eigenvalue weighted by molar-refractivity contribution is 8.13. The second-order valence-corrected chi connectivity index (χ2v) is 9.08. The van der Waals surface area contributed by atoms with Crippen LogP contribution < -0.4 is 4.90 Å². The summed E-state index contributed by atoms with van der Waals surface area (Å²) in [5.74, 6) is -0.567. The van der Waals surface area contributed by atoms with E-state index < -0.39 is 9.05 Å². The summed E-state index contributed by atoms with van der Waals surface area (Å²) in [6.45, 7) is 2.48. The highest BCUT2D eigenvalue weighted by Gasteiger charge is 2.34. The Labute approximate surface area is 132 Å². The molecule has 2 rings (SSSR count). The van der Waals surface area contributed by atoms with Gasteiger partial charge in [-0.1, -0.05) is 31.1 Å². The van der Waals surface area contributed by atoms with E-state index in [1.165, 1.54) is 16.2 Å². The molecule has 1 aromatic heterocycles. The predicted molar refractivity (Wildman–Crippen MR) is 83.2 cm³/mol. The third-order valence-electron chi connectivity index (χ3n) is 3.32. The first kappa shape index (κ1) is 16.6. The Bertz CT molecular complexity index is 603. The van der Waals surface area contributed by atoms with Crippen LogP contribution in [0.3, 0.4) is 0 Å². The standard InChI is InChI=1S/C12H18ClN3O3S2/c1-2-3-4-5-10-14-15-12(20-10)16-7-9(6-11(16)17)8-21(13,18)19/h9H,2-8H2,1H3. The maximum atomic E-state index is 12.0. The van der Waals surface area contributed by atoms with Gasteiger partial charge >= 0.3 is 0 Å². The van der Waals surface area contributed by atoms with Crippen LogP contribution in [0, 0.1) is 5.92 Å². The van der Waals surface area contributed by atoms with Crippen molar-refractivity contribution >= 4 is 42.1 Å². The zero-order valence-electron chi connectivity index (χ0n) is 11.8. The molecule has 0 saturated carbocycles. The average Bonchev–Trinajstić information content (AvgIpc) is 2.94. The number of nitrogens with zero attached hydrogens (tertiary/aromatic N) is 3. The number of unbranched alkanes of at least 4 members (excludes halogenated alkanes) is 2. The molecule has 0 aliphatic carbocycles. The Balaban J connectivity index is 1.97. The van der Waals surface area contributed by atoms with Gasteiger partial charge in [0.05, 0.1) is 5.75 Å². The molecule has 1 fully saturated rings. The molecule has 0 spiro atoms. The lowest BCUT2D eigenvalue weighted by molar-refractivity contribution is -0.117. The van der Waals surface area contributed by atoms with E-state index in [2.05, 4.69) is 17.1 Å². The first-order chi connectivity index (χ1) is 9.89. The molecular formula is C12H18ClN3O3S2. The minimum atomic E-state index is -3.59. The summed E-state index contributed by atoms with van der Waals surface area (Å²) in [5.41, 5.74) is 0. The smallest absolute Gasteiger partial charge is 0.232 e. The summed E-state index contributed by atoms with van der Waals surface area (Å²) in [4.78, 5) is 13.5. The number of hydrogen-bond acceptors (Lipinski definition) is 6. The van der Waals surface area contributed by atoms with E-state index in [1.54, 1.807) is 0 Å². The van der Waals surface area contributed by atoms with E-state index in [1.807, 2.05) is 0 Å². The molecule has 1 aliphatic heterocycles. The molecule has 118 valence electrons. The molecule has 1 atom stereocenters. The maximum absolute atomic E-state index is 12.0. The topological polar surface area (TPSA) is 80.2 Å². The van der Waals surface area contributed by atoms with Gasteiger partial charge in [0, 0.05) is 36.0 Å². The molecule has 9 heteroatoms. The number of hydrogen-bond donors (Lipinski definition) is 0. The maximum Gasteiger partial charge on any atom is 0.232 e. The number of aromatic nitrogens is 2. The van der Waals surface area contributed by atoms with Crippen molar-refractivity contribution in [1.82, 2.24) is 10.2 Å². The molecular weight excluding hydrogens is 334 g/mol. The first-order valence-corrected chi connectivity index (χ1v) is 10.2. The summed E-state index contributed by atoms with van der Waals surface area (Å²) < 4.78 is 22.2. The van der Waals surface area contributed by atoms with Crippen LogP contribution in [0.5, 0.6) is 0 Å². The van der Waals surface area contributed by atoms with E-state index in [-0.39, 0.29) is 24.0 Å². The van der Waals surface area contributed by atoms with Crippen molar-refractivity contribution < 1.29 is 13.2 Å². The summed E-state index contributed by atoms with van der Waals surface area (Å²) in [7, 11) is 1.66. The van der Waals surface area contributed by atoms with Gasteiger partial charge in [0.2, 0.25) is 20.1 Å². The second kappa shape index (κ2) is 7.02. The third-order valence-corrected chi connectivity index (χ3v) is 5.57. The number of carbonyl (C=O) groups is 1. The van der Waals surface area contributed by atoms with Crippen LogP contribution in [-0.4, -0.2) is 36.8 Å². The number of amides is 1. The SMILES string of the molecule is CCCCCc1nnc(N2CC(CS(=O)(=O)Cl)CC2=O)s1. The van der Waals surface area contributed by atoms with Crippen molar-refractivity contribution in [1.29, 1.82) is 0 Å². The summed E-state index contributed by atoms with van der Waals surface area (Å²) in [6.07, 6.45) is 4.41. The van der Waals surface area contributed by atoms with Crippen LogP contribution in [0.1, 0.15) is 37.6 Å². The largest absolute Gasteiger partial charge is 0.286 e. The Hall–Kier alpha value is -0.730. The number of carbonyl (C=O) groups excluding carboxylic acids is 1. The lowest BCUT2D eigenvalue weighted by Gasteiger charge is -2.11. The van der Waals surface area contributed by atoms with Gasteiger partial charge in [-0.15, -0.1) is 10.2 Å². The van der Waals surface area contributed by atoms with Gasteiger partial charge in [-0.3, -0.25) is 9.69 Å². The summed E-state index contributed by atoms with van der Waals surface area (Å²) in [6, 6.07) is 0. The van der Waals surface area contributed by atoms with E-state index in [0.717, 1.165) is 30.7 Å². The molecule has 1 saturated heterocycles. The van der Waals surface area contributed by atoms with E-state index in [0.29, 0.717) is 11.7 Å². The highest BCUT2D eigenvalue weighted by Crippen LogP contribution is 2.29. The van der Waals surface area contributed by atoms with Crippen molar-refractivity contribution in [3.05, 3.63) is 5.01 Å².